The number of hydrogen-bond acceptors (Lipinski definition) is 2. The van der Waals surface area contributed by atoms with Gasteiger partial charge < -0.3 is 10.1 Å². The molecule has 0 bridgehead atoms. The molecule has 0 aliphatic heterocycles. The molecule has 19 heavy (non-hydrogen) atoms. The average molecular weight is 255 g/mol. The Balaban J connectivity index is 1.87. The van der Waals surface area contributed by atoms with Crippen molar-refractivity contribution in [2.75, 3.05) is 13.7 Å². The normalized spacial score (nSPS) is 9.95. The van der Waals surface area contributed by atoms with E-state index in [4.69, 9.17) is 4.74 Å². The summed E-state index contributed by atoms with van der Waals surface area (Å²) < 4.78 is 5.10. The number of methoxy groups -OCH3 is 1. The number of nitrogens with one attached hydrogen (secondary N) is 1. The van der Waals surface area contributed by atoms with Gasteiger partial charge in [-0.05, 0) is 30.2 Å². The topological polar surface area (TPSA) is 38.3 Å². The van der Waals surface area contributed by atoms with Crippen LogP contribution in [0.2, 0.25) is 0 Å². The lowest BCUT2D eigenvalue weighted by Gasteiger charge is -2.06. The largest absolute Gasteiger partial charge is 0.497 e. The van der Waals surface area contributed by atoms with Gasteiger partial charge in [-0.25, -0.2) is 0 Å². The van der Waals surface area contributed by atoms with Crippen LogP contribution in [-0.2, 0) is 6.42 Å². The summed E-state index contributed by atoms with van der Waals surface area (Å²) in [4.78, 5) is 11.9. The van der Waals surface area contributed by atoms with Crippen molar-refractivity contribution in [3.05, 3.63) is 65.7 Å². The first-order chi connectivity index (χ1) is 9.29. The average Bonchev–Trinajstić information content (AvgIpc) is 2.48. The first-order valence-electron chi connectivity index (χ1n) is 6.26. The van der Waals surface area contributed by atoms with Crippen LogP contribution in [0.3, 0.4) is 0 Å². The number of benzene rings is 2. The summed E-state index contributed by atoms with van der Waals surface area (Å²) in [6.45, 7) is 0.625. The van der Waals surface area contributed by atoms with Crippen LogP contribution >= 0.6 is 0 Å². The van der Waals surface area contributed by atoms with Crippen molar-refractivity contribution in [3.8, 4) is 5.75 Å². The molecule has 2 rings (SSSR count). The Morgan fingerprint density at radius 2 is 1.89 bits per heavy atom. The van der Waals surface area contributed by atoms with E-state index in [9.17, 15) is 4.79 Å². The van der Waals surface area contributed by atoms with Gasteiger partial charge in [-0.1, -0.05) is 36.4 Å². The second-order valence-corrected chi connectivity index (χ2v) is 4.22. The van der Waals surface area contributed by atoms with E-state index < -0.39 is 0 Å². The van der Waals surface area contributed by atoms with Gasteiger partial charge in [-0.2, -0.15) is 0 Å². The highest BCUT2D eigenvalue weighted by Gasteiger charge is 2.05. The molecule has 0 saturated carbocycles. The van der Waals surface area contributed by atoms with Crippen molar-refractivity contribution >= 4 is 5.91 Å². The fraction of sp³-hybridized carbons (Fsp3) is 0.188. The highest BCUT2D eigenvalue weighted by molar-refractivity contribution is 5.94. The van der Waals surface area contributed by atoms with E-state index in [2.05, 4.69) is 17.4 Å². The third-order valence-corrected chi connectivity index (χ3v) is 2.87. The van der Waals surface area contributed by atoms with Crippen LogP contribution in [0, 0.1) is 0 Å². The van der Waals surface area contributed by atoms with Crippen LogP contribution in [-0.4, -0.2) is 19.6 Å². The van der Waals surface area contributed by atoms with E-state index in [1.54, 1.807) is 19.2 Å². The van der Waals surface area contributed by atoms with Gasteiger partial charge in [0, 0.05) is 12.1 Å². The molecule has 0 radical (unpaired) electrons. The predicted octanol–water partition coefficient (Wildman–Crippen LogP) is 2.67. The molecule has 0 heterocycles. The minimum atomic E-state index is -0.0742. The lowest BCUT2D eigenvalue weighted by atomic mass is 10.1. The summed E-state index contributed by atoms with van der Waals surface area (Å²) in [5.41, 5.74) is 1.83. The van der Waals surface area contributed by atoms with Crippen molar-refractivity contribution in [1.29, 1.82) is 0 Å². The Morgan fingerprint density at radius 3 is 2.63 bits per heavy atom. The first kappa shape index (κ1) is 13.1. The summed E-state index contributed by atoms with van der Waals surface area (Å²) in [6, 6.07) is 17.2. The summed E-state index contributed by atoms with van der Waals surface area (Å²) in [6.07, 6.45) is 0.830. The van der Waals surface area contributed by atoms with Gasteiger partial charge in [0.2, 0.25) is 0 Å². The third kappa shape index (κ3) is 3.85. The third-order valence-electron chi connectivity index (χ3n) is 2.87. The molecule has 0 aromatic heterocycles. The number of ether oxygens (including phenoxy) is 1. The molecule has 0 atom stereocenters. The molecular formula is C16H17NO2. The maximum atomic E-state index is 11.9. The van der Waals surface area contributed by atoms with Crippen LogP contribution in [0.25, 0.3) is 0 Å². The number of hydrogen-bond donors (Lipinski definition) is 1. The lowest BCUT2D eigenvalue weighted by Crippen LogP contribution is -2.25. The maximum absolute atomic E-state index is 11.9. The molecule has 0 spiro atoms. The summed E-state index contributed by atoms with van der Waals surface area (Å²) >= 11 is 0. The van der Waals surface area contributed by atoms with Gasteiger partial charge in [0.25, 0.3) is 5.91 Å². The lowest BCUT2D eigenvalue weighted by molar-refractivity contribution is 0.0954. The van der Waals surface area contributed by atoms with Crippen molar-refractivity contribution in [2.24, 2.45) is 0 Å². The Hall–Kier alpha value is -2.29. The fourth-order valence-corrected chi connectivity index (χ4v) is 1.83. The molecule has 2 aromatic rings. The smallest absolute Gasteiger partial charge is 0.251 e. The monoisotopic (exact) mass is 255 g/mol. The van der Waals surface area contributed by atoms with Crippen molar-refractivity contribution in [1.82, 2.24) is 5.32 Å². The fourth-order valence-electron chi connectivity index (χ4n) is 1.83. The van der Waals surface area contributed by atoms with Crippen LogP contribution in [0.15, 0.2) is 54.6 Å². The van der Waals surface area contributed by atoms with Crippen molar-refractivity contribution in [2.45, 2.75) is 6.42 Å². The molecule has 3 heteroatoms. The molecule has 2 aromatic carbocycles. The van der Waals surface area contributed by atoms with Gasteiger partial charge in [-0.3, -0.25) is 4.79 Å². The number of rotatable bonds is 5. The molecule has 0 fully saturated rings. The highest BCUT2D eigenvalue weighted by Crippen LogP contribution is 2.12. The Labute approximate surface area is 113 Å². The zero-order valence-corrected chi connectivity index (χ0v) is 10.9. The van der Waals surface area contributed by atoms with Crippen LogP contribution in [0.4, 0.5) is 0 Å². The predicted molar refractivity (Wildman–Crippen MR) is 75.5 cm³/mol. The molecule has 1 N–H and O–H groups in total. The molecule has 0 saturated heterocycles. The SMILES string of the molecule is COc1cccc(C(=O)NCCc2ccccc2)c1. The van der Waals surface area contributed by atoms with Gasteiger partial charge in [0.15, 0.2) is 0 Å². The molecule has 0 aliphatic carbocycles. The Kier molecular flexibility index (Phi) is 4.56. The molecule has 3 nitrogen and oxygen atoms in total. The standard InChI is InChI=1S/C16H17NO2/c1-19-15-9-5-8-14(12-15)16(18)17-11-10-13-6-3-2-4-7-13/h2-9,12H,10-11H2,1H3,(H,17,18). The van der Waals surface area contributed by atoms with E-state index in [0.29, 0.717) is 17.9 Å². The number of carbonyl (C=O) groups is 1. The quantitative estimate of drug-likeness (QED) is 0.892. The van der Waals surface area contributed by atoms with Crippen LogP contribution < -0.4 is 10.1 Å². The molecule has 1 amide bonds. The maximum Gasteiger partial charge on any atom is 0.251 e. The Bertz CT molecular complexity index is 537. The zero-order valence-electron chi connectivity index (χ0n) is 10.9. The van der Waals surface area contributed by atoms with E-state index in [1.807, 2.05) is 30.3 Å². The van der Waals surface area contributed by atoms with Gasteiger partial charge >= 0.3 is 0 Å². The molecule has 98 valence electrons. The highest BCUT2D eigenvalue weighted by atomic mass is 16.5. The van der Waals surface area contributed by atoms with Crippen molar-refractivity contribution in [3.63, 3.8) is 0 Å². The molecular weight excluding hydrogens is 238 g/mol. The van der Waals surface area contributed by atoms with Crippen LogP contribution in [0.1, 0.15) is 15.9 Å². The summed E-state index contributed by atoms with van der Waals surface area (Å²) in [5, 5.41) is 2.90. The van der Waals surface area contributed by atoms with E-state index in [-0.39, 0.29) is 5.91 Å². The second-order valence-electron chi connectivity index (χ2n) is 4.22. The number of amides is 1. The van der Waals surface area contributed by atoms with Gasteiger partial charge in [-0.15, -0.1) is 0 Å². The van der Waals surface area contributed by atoms with Crippen molar-refractivity contribution < 1.29 is 9.53 Å². The minimum Gasteiger partial charge on any atom is -0.497 e. The zero-order chi connectivity index (χ0) is 13.5. The summed E-state index contributed by atoms with van der Waals surface area (Å²) in [7, 11) is 1.59. The van der Waals surface area contributed by atoms with E-state index in [1.165, 1.54) is 5.56 Å². The van der Waals surface area contributed by atoms with Gasteiger partial charge in [0.05, 0.1) is 7.11 Å². The molecule has 0 unspecified atom stereocenters. The second kappa shape index (κ2) is 6.59. The Morgan fingerprint density at radius 1 is 1.11 bits per heavy atom. The minimum absolute atomic E-state index is 0.0742. The van der Waals surface area contributed by atoms with Gasteiger partial charge in [0.1, 0.15) is 5.75 Å². The number of carbonyl (C=O) groups excluding carboxylic acids is 1. The van der Waals surface area contributed by atoms with Crippen LogP contribution in [0.5, 0.6) is 5.75 Å². The summed E-state index contributed by atoms with van der Waals surface area (Å²) in [5.74, 6) is 0.616. The van der Waals surface area contributed by atoms with E-state index >= 15 is 0 Å². The van der Waals surface area contributed by atoms with E-state index in [0.717, 1.165) is 6.42 Å². The molecule has 0 aliphatic rings. The first-order valence-corrected chi connectivity index (χ1v) is 6.26.